The maximum atomic E-state index is 12.2. The van der Waals surface area contributed by atoms with Gasteiger partial charge in [0.05, 0.1) is 3.79 Å². The Labute approximate surface area is 124 Å². The summed E-state index contributed by atoms with van der Waals surface area (Å²) in [4.78, 5) is 0. The fourth-order valence-electron chi connectivity index (χ4n) is 1.44. The Balaban J connectivity index is 2.25. The van der Waals surface area contributed by atoms with Gasteiger partial charge in [0.25, 0.3) is 10.0 Å². The van der Waals surface area contributed by atoms with E-state index in [1.807, 2.05) is 20.8 Å². The SMILES string of the molecule is Cc1cc(S(=O)(=O)Nc2cc(C(C)C)[nH]n2)sc1Br. The molecule has 0 aliphatic rings. The first kappa shape index (κ1) is 14.5. The Morgan fingerprint density at radius 2 is 2.11 bits per heavy atom. The zero-order chi connectivity index (χ0) is 14.2. The van der Waals surface area contributed by atoms with Crippen molar-refractivity contribution in [1.82, 2.24) is 10.2 Å². The molecule has 0 unspecified atom stereocenters. The van der Waals surface area contributed by atoms with E-state index in [9.17, 15) is 8.42 Å². The number of rotatable bonds is 4. The first-order valence-corrected chi connectivity index (χ1v) is 8.73. The Morgan fingerprint density at radius 3 is 2.58 bits per heavy atom. The fraction of sp³-hybridized carbons (Fsp3) is 0.364. The van der Waals surface area contributed by atoms with Crippen LogP contribution in [-0.4, -0.2) is 18.6 Å². The van der Waals surface area contributed by atoms with Crippen molar-refractivity contribution in [3.63, 3.8) is 0 Å². The van der Waals surface area contributed by atoms with E-state index in [1.165, 1.54) is 11.3 Å². The molecule has 0 fully saturated rings. The molecule has 0 amide bonds. The molecule has 0 aromatic carbocycles. The third kappa shape index (κ3) is 3.18. The van der Waals surface area contributed by atoms with Crippen LogP contribution in [0.2, 0.25) is 0 Å². The van der Waals surface area contributed by atoms with Crippen molar-refractivity contribution >= 4 is 43.1 Å². The average Bonchev–Trinajstić information content (AvgIpc) is 2.87. The summed E-state index contributed by atoms with van der Waals surface area (Å²) < 4.78 is 27.9. The molecule has 104 valence electrons. The molecular formula is C11H14BrN3O2S2. The number of aryl methyl sites for hydroxylation is 1. The summed E-state index contributed by atoms with van der Waals surface area (Å²) in [5.41, 5.74) is 1.79. The molecule has 8 heteroatoms. The summed E-state index contributed by atoms with van der Waals surface area (Å²) in [6, 6.07) is 3.34. The molecular weight excluding hydrogens is 350 g/mol. The Morgan fingerprint density at radius 1 is 1.42 bits per heavy atom. The number of nitrogens with zero attached hydrogens (tertiary/aromatic N) is 1. The third-order valence-electron chi connectivity index (χ3n) is 2.56. The van der Waals surface area contributed by atoms with Crippen molar-refractivity contribution in [2.75, 3.05) is 4.72 Å². The molecule has 2 heterocycles. The molecule has 2 rings (SSSR count). The fourth-order valence-corrected chi connectivity index (χ4v) is 4.65. The van der Waals surface area contributed by atoms with Crippen LogP contribution in [-0.2, 0) is 10.0 Å². The van der Waals surface area contributed by atoms with Gasteiger partial charge in [-0.1, -0.05) is 13.8 Å². The summed E-state index contributed by atoms with van der Waals surface area (Å²) in [5.74, 6) is 0.578. The van der Waals surface area contributed by atoms with Crippen molar-refractivity contribution in [2.45, 2.75) is 30.9 Å². The second-order valence-electron chi connectivity index (χ2n) is 4.49. The van der Waals surface area contributed by atoms with Gasteiger partial charge >= 0.3 is 0 Å². The first-order chi connectivity index (χ1) is 8.79. The topological polar surface area (TPSA) is 74.8 Å². The summed E-state index contributed by atoms with van der Waals surface area (Å²) in [6.45, 7) is 5.86. The van der Waals surface area contributed by atoms with Crippen LogP contribution in [0.5, 0.6) is 0 Å². The number of aromatic amines is 1. The van der Waals surface area contributed by atoms with Gasteiger partial charge in [-0.2, -0.15) is 5.10 Å². The van der Waals surface area contributed by atoms with E-state index in [0.717, 1.165) is 15.0 Å². The van der Waals surface area contributed by atoms with E-state index in [2.05, 4.69) is 30.8 Å². The Bertz CT molecular complexity index is 669. The van der Waals surface area contributed by atoms with E-state index in [1.54, 1.807) is 12.1 Å². The highest BCUT2D eigenvalue weighted by atomic mass is 79.9. The van der Waals surface area contributed by atoms with E-state index < -0.39 is 10.0 Å². The molecule has 5 nitrogen and oxygen atoms in total. The summed E-state index contributed by atoms with van der Waals surface area (Å²) >= 11 is 4.50. The maximum absolute atomic E-state index is 12.2. The number of aromatic nitrogens is 2. The van der Waals surface area contributed by atoms with E-state index in [-0.39, 0.29) is 10.1 Å². The molecule has 0 spiro atoms. The maximum Gasteiger partial charge on any atom is 0.272 e. The smallest absolute Gasteiger partial charge is 0.272 e. The number of nitrogens with one attached hydrogen (secondary N) is 2. The highest BCUT2D eigenvalue weighted by Crippen LogP contribution is 2.31. The number of hydrogen-bond donors (Lipinski definition) is 2. The van der Waals surface area contributed by atoms with Gasteiger partial charge in [0, 0.05) is 11.8 Å². The van der Waals surface area contributed by atoms with Crippen LogP contribution in [0.3, 0.4) is 0 Å². The Hall–Kier alpha value is -0.860. The zero-order valence-electron chi connectivity index (χ0n) is 10.7. The molecule has 0 bridgehead atoms. The molecule has 0 aliphatic heterocycles. The second kappa shape index (κ2) is 5.26. The van der Waals surface area contributed by atoms with Crippen molar-refractivity contribution in [3.05, 3.63) is 27.2 Å². The molecule has 0 atom stereocenters. The first-order valence-electron chi connectivity index (χ1n) is 5.63. The highest BCUT2D eigenvalue weighted by Gasteiger charge is 2.19. The van der Waals surface area contributed by atoms with Crippen molar-refractivity contribution < 1.29 is 8.42 Å². The predicted octanol–water partition coefficient (Wildman–Crippen LogP) is 3.47. The Kier molecular flexibility index (Phi) is 4.03. The number of thiophene rings is 1. The normalized spacial score (nSPS) is 12.1. The summed E-state index contributed by atoms with van der Waals surface area (Å²) in [5, 5.41) is 6.77. The van der Waals surface area contributed by atoms with Crippen LogP contribution in [0, 0.1) is 6.92 Å². The summed E-state index contributed by atoms with van der Waals surface area (Å²) in [6.07, 6.45) is 0. The largest absolute Gasteiger partial charge is 0.280 e. The van der Waals surface area contributed by atoms with Crippen molar-refractivity contribution in [2.24, 2.45) is 0 Å². The minimum atomic E-state index is -3.57. The number of halogens is 1. The van der Waals surface area contributed by atoms with Gasteiger partial charge in [-0.3, -0.25) is 9.82 Å². The zero-order valence-corrected chi connectivity index (χ0v) is 13.9. The third-order valence-corrected chi connectivity index (χ3v) is 6.52. The van der Waals surface area contributed by atoms with Crippen LogP contribution in [0.15, 0.2) is 20.1 Å². The lowest BCUT2D eigenvalue weighted by molar-refractivity contribution is 0.603. The molecule has 0 radical (unpaired) electrons. The van der Waals surface area contributed by atoms with Crippen molar-refractivity contribution in [3.8, 4) is 0 Å². The monoisotopic (exact) mass is 363 g/mol. The predicted molar refractivity (Wildman–Crippen MR) is 80.2 cm³/mol. The van der Waals surface area contributed by atoms with E-state index >= 15 is 0 Å². The van der Waals surface area contributed by atoms with E-state index in [0.29, 0.717) is 5.82 Å². The number of sulfonamides is 1. The van der Waals surface area contributed by atoms with Crippen LogP contribution in [0.4, 0.5) is 5.82 Å². The van der Waals surface area contributed by atoms with E-state index in [4.69, 9.17) is 0 Å². The van der Waals surface area contributed by atoms with Gasteiger partial charge in [0.1, 0.15) is 4.21 Å². The van der Waals surface area contributed by atoms with Gasteiger partial charge in [-0.25, -0.2) is 8.42 Å². The molecule has 2 aromatic heterocycles. The van der Waals surface area contributed by atoms with Gasteiger partial charge in [0.2, 0.25) is 0 Å². The average molecular weight is 364 g/mol. The lowest BCUT2D eigenvalue weighted by Crippen LogP contribution is -2.11. The number of anilines is 1. The summed E-state index contributed by atoms with van der Waals surface area (Å²) in [7, 11) is -3.57. The van der Waals surface area contributed by atoms with Gasteiger partial charge < -0.3 is 0 Å². The molecule has 2 N–H and O–H groups in total. The lowest BCUT2D eigenvalue weighted by Gasteiger charge is -2.01. The molecule has 19 heavy (non-hydrogen) atoms. The van der Waals surface area contributed by atoms with Crippen LogP contribution in [0.1, 0.15) is 31.0 Å². The molecule has 0 saturated heterocycles. The van der Waals surface area contributed by atoms with Crippen LogP contribution in [0.25, 0.3) is 0 Å². The molecule has 0 aliphatic carbocycles. The van der Waals surface area contributed by atoms with Crippen LogP contribution < -0.4 is 4.72 Å². The number of hydrogen-bond acceptors (Lipinski definition) is 4. The van der Waals surface area contributed by atoms with Crippen LogP contribution >= 0.6 is 27.3 Å². The number of H-pyrrole nitrogens is 1. The minimum absolute atomic E-state index is 0.267. The standard InChI is InChI=1S/C11H14BrN3O2S2/c1-6(2)8-5-9(14-13-8)15-19(16,17)10-4-7(3)11(12)18-10/h4-6H,1-3H3,(H2,13,14,15). The minimum Gasteiger partial charge on any atom is -0.280 e. The highest BCUT2D eigenvalue weighted by molar-refractivity contribution is 9.11. The quantitative estimate of drug-likeness (QED) is 0.872. The van der Waals surface area contributed by atoms with Gasteiger partial charge in [0.15, 0.2) is 5.82 Å². The van der Waals surface area contributed by atoms with Gasteiger partial charge in [-0.15, -0.1) is 11.3 Å². The second-order valence-corrected chi connectivity index (χ2v) is 8.77. The van der Waals surface area contributed by atoms with Crippen molar-refractivity contribution in [1.29, 1.82) is 0 Å². The lowest BCUT2D eigenvalue weighted by atomic mass is 10.1. The molecule has 0 saturated carbocycles. The van der Waals surface area contributed by atoms with Gasteiger partial charge in [-0.05, 0) is 40.4 Å². The molecule has 2 aromatic rings.